The van der Waals surface area contributed by atoms with Gasteiger partial charge in [-0.2, -0.15) is 0 Å². The minimum absolute atomic E-state index is 0.186. The van der Waals surface area contributed by atoms with Crippen molar-refractivity contribution < 1.29 is 19.4 Å². The number of aliphatic hydroxyl groups is 1. The highest BCUT2D eigenvalue weighted by atomic mass is 16.5. The molecule has 1 heterocycles. The molecule has 1 aromatic carbocycles. The first kappa shape index (κ1) is 18.5. The van der Waals surface area contributed by atoms with Crippen molar-refractivity contribution in [3.63, 3.8) is 0 Å². The zero-order chi connectivity index (χ0) is 18.2. The van der Waals surface area contributed by atoms with Gasteiger partial charge in [0, 0.05) is 25.5 Å². The number of hydrogen-bond acceptors (Lipinski definition) is 4. The van der Waals surface area contributed by atoms with E-state index in [0.29, 0.717) is 24.5 Å². The Balaban J connectivity index is 1.83. The molecule has 25 heavy (non-hydrogen) atoms. The second kappa shape index (κ2) is 8.89. The molecule has 7 heteroatoms. The highest BCUT2D eigenvalue weighted by Crippen LogP contribution is 2.23. The van der Waals surface area contributed by atoms with Crippen LogP contribution in [0.3, 0.4) is 0 Å². The lowest BCUT2D eigenvalue weighted by Gasteiger charge is -2.13. The van der Waals surface area contributed by atoms with Crippen molar-refractivity contribution in [1.29, 1.82) is 0 Å². The zero-order valence-electron chi connectivity index (χ0n) is 14.4. The van der Waals surface area contributed by atoms with Crippen LogP contribution in [0.1, 0.15) is 25.1 Å². The molecule has 0 spiro atoms. The highest BCUT2D eigenvalue weighted by molar-refractivity contribution is 6.39. The Hall–Kier alpha value is -2.80. The number of carbonyl (C=O) groups is 2. The lowest BCUT2D eigenvalue weighted by atomic mass is 10.2. The van der Waals surface area contributed by atoms with Gasteiger partial charge in [0.25, 0.3) is 0 Å². The summed E-state index contributed by atoms with van der Waals surface area (Å²) in [6.07, 6.45) is 1.44. The molecule has 1 unspecified atom stereocenters. The maximum Gasteiger partial charge on any atom is 0.313 e. The molecule has 3 N–H and O–H groups in total. The van der Waals surface area contributed by atoms with Gasteiger partial charge in [0.15, 0.2) is 0 Å². The monoisotopic (exact) mass is 345 g/mol. The number of benzene rings is 1. The second-order valence-corrected chi connectivity index (χ2v) is 5.49. The summed E-state index contributed by atoms with van der Waals surface area (Å²) in [7, 11) is 1.83. The van der Waals surface area contributed by atoms with Gasteiger partial charge < -0.3 is 25.0 Å². The van der Waals surface area contributed by atoms with Crippen LogP contribution in [0.2, 0.25) is 0 Å². The molecule has 0 radical (unpaired) electrons. The predicted octanol–water partition coefficient (Wildman–Crippen LogP) is 1.60. The quantitative estimate of drug-likeness (QED) is 0.665. The Morgan fingerprint density at radius 2 is 1.96 bits per heavy atom. The molecule has 2 aromatic rings. The smallest absolute Gasteiger partial charge is 0.313 e. The van der Waals surface area contributed by atoms with Gasteiger partial charge in [0.05, 0.1) is 18.4 Å². The number of rotatable bonds is 7. The fraction of sp³-hybridized carbons (Fsp3) is 0.333. The van der Waals surface area contributed by atoms with Gasteiger partial charge in [0.2, 0.25) is 0 Å². The Morgan fingerprint density at radius 1 is 1.20 bits per heavy atom. The fourth-order valence-corrected chi connectivity index (χ4v) is 2.40. The van der Waals surface area contributed by atoms with Gasteiger partial charge >= 0.3 is 11.8 Å². The summed E-state index contributed by atoms with van der Waals surface area (Å²) in [6, 6.07) is 10.5. The zero-order valence-corrected chi connectivity index (χ0v) is 14.4. The fourth-order valence-electron chi connectivity index (χ4n) is 2.40. The van der Waals surface area contributed by atoms with Crippen LogP contribution in [0.4, 0.5) is 5.69 Å². The van der Waals surface area contributed by atoms with Crippen molar-refractivity contribution in [1.82, 2.24) is 9.88 Å². The summed E-state index contributed by atoms with van der Waals surface area (Å²) in [4.78, 5) is 23.9. The first-order chi connectivity index (χ1) is 12.0. The molecule has 0 aliphatic carbocycles. The Kier molecular flexibility index (Phi) is 6.59. The molecule has 0 aliphatic rings. The molecule has 7 nitrogen and oxygen atoms in total. The van der Waals surface area contributed by atoms with Gasteiger partial charge in [-0.05, 0) is 37.6 Å². The summed E-state index contributed by atoms with van der Waals surface area (Å²) in [6.45, 7) is 2.48. The lowest BCUT2D eigenvalue weighted by molar-refractivity contribution is -0.136. The van der Waals surface area contributed by atoms with Crippen molar-refractivity contribution >= 4 is 17.5 Å². The molecule has 2 rings (SSSR count). The number of carbonyl (C=O) groups excluding carboxylic acids is 2. The SMILES string of the molecule is CCOc1ccccc1NC(=O)C(=O)NCCC(O)c1cccn1C. The van der Waals surface area contributed by atoms with Crippen molar-refractivity contribution in [3.8, 4) is 5.75 Å². The van der Waals surface area contributed by atoms with E-state index in [1.807, 2.05) is 36.9 Å². The molecule has 134 valence electrons. The number of nitrogens with one attached hydrogen (secondary N) is 2. The van der Waals surface area contributed by atoms with Crippen LogP contribution < -0.4 is 15.4 Å². The standard InChI is InChI=1S/C18H23N3O4/c1-3-25-16-9-5-4-7-13(16)20-18(24)17(23)19-11-10-15(22)14-8-6-12-21(14)2/h4-9,12,15,22H,3,10-11H2,1-2H3,(H,19,23)(H,20,24). The largest absolute Gasteiger partial charge is 0.492 e. The normalized spacial score (nSPS) is 11.6. The Bertz CT molecular complexity index is 727. The number of para-hydroxylation sites is 2. The highest BCUT2D eigenvalue weighted by Gasteiger charge is 2.16. The van der Waals surface area contributed by atoms with Crippen molar-refractivity contribution in [2.24, 2.45) is 7.05 Å². The number of nitrogens with zero attached hydrogens (tertiary/aromatic N) is 1. The van der Waals surface area contributed by atoms with E-state index in [9.17, 15) is 14.7 Å². The van der Waals surface area contributed by atoms with E-state index in [1.54, 1.807) is 24.3 Å². The van der Waals surface area contributed by atoms with Gasteiger partial charge in [-0.1, -0.05) is 12.1 Å². The molecular formula is C18H23N3O4. The number of ether oxygens (including phenoxy) is 1. The minimum Gasteiger partial charge on any atom is -0.492 e. The minimum atomic E-state index is -0.777. The first-order valence-corrected chi connectivity index (χ1v) is 8.13. The van der Waals surface area contributed by atoms with E-state index in [2.05, 4.69) is 10.6 Å². The van der Waals surface area contributed by atoms with Crippen LogP contribution >= 0.6 is 0 Å². The maximum absolute atomic E-state index is 12.0. The van der Waals surface area contributed by atoms with Crippen LogP contribution in [0.5, 0.6) is 5.75 Å². The third-order valence-corrected chi connectivity index (χ3v) is 3.67. The number of hydrogen-bond donors (Lipinski definition) is 3. The van der Waals surface area contributed by atoms with Crippen LogP contribution in [-0.4, -0.2) is 34.6 Å². The van der Waals surface area contributed by atoms with Crippen LogP contribution in [0.25, 0.3) is 0 Å². The van der Waals surface area contributed by atoms with E-state index in [1.165, 1.54) is 0 Å². The third kappa shape index (κ3) is 5.09. The van der Waals surface area contributed by atoms with E-state index in [4.69, 9.17) is 4.74 Å². The van der Waals surface area contributed by atoms with E-state index in [0.717, 1.165) is 5.69 Å². The van der Waals surface area contributed by atoms with Gasteiger partial charge in [0.1, 0.15) is 5.75 Å². The Labute approximate surface area is 146 Å². The number of aromatic nitrogens is 1. The van der Waals surface area contributed by atoms with Crippen LogP contribution in [0.15, 0.2) is 42.6 Å². The predicted molar refractivity (Wildman–Crippen MR) is 94.2 cm³/mol. The van der Waals surface area contributed by atoms with E-state index < -0.39 is 17.9 Å². The molecule has 0 saturated heterocycles. The van der Waals surface area contributed by atoms with Crippen molar-refractivity contribution in [3.05, 3.63) is 48.3 Å². The van der Waals surface area contributed by atoms with Crippen LogP contribution in [0, 0.1) is 0 Å². The molecule has 0 bridgehead atoms. The summed E-state index contributed by atoms with van der Waals surface area (Å²) < 4.78 is 7.21. The van der Waals surface area contributed by atoms with Gasteiger partial charge in [-0.3, -0.25) is 9.59 Å². The average Bonchev–Trinajstić information content (AvgIpc) is 3.02. The molecular weight excluding hydrogens is 322 g/mol. The van der Waals surface area contributed by atoms with Crippen molar-refractivity contribution in [2.45, 2.75) is 19.4 Å². The number of anilines is 1. The van der Waals surface area contributed by atoms with Crippen LogP contribution in [-0.2, 0) is 16.6 Å². The topological polar surface area (TPSA) is 92.6 Å². The van der Waals surface area contributed by atoms with Gasteiger partial charge in [-0.25, -0.2) is 0 Å². The van der Waals surface area contributed by atoms with E-state index in [-0.39, 0.29) is 6.54 Å². The Morgan fingerprint density at radius 3 is 2.64 bits per heavy atom. The lowest BCUT2D eigenvalue weighted by Crippen LogP contribution is -2.36. The average molecular weight is 345 g/mol. The van der Waals surface area contributed by atoms with Gasteiger partial charge in [-0.15, -0.1) is 0 Å². The number of amides is 2. The molecule has 2 amide bonds. The van der Waals surface area contributed by atoms with Crippen molar-refractivity contribution in [2.75, 3.05) is 18.5 Å². The second-order valence-electron chi connectivity index (χ2n) is 5.49. The summed E-state index contributed by atoms with van der Waals surface area (Å²) in [5.41, 5.74) is 1.19. The molecule has 1 aromatic heterocycles. The van der Waals surface area contributed by atoms with E-state index >= 15 is 0 Å². The molecule has 0 fully saturated rings. The maximum atomic E-state index is 12.0. The molecule has 0 aliphatic heterocycles. The number of aryl methyl sites for hydroxylation is 1. The molecule has 1 atom stereocenters. The number of aliphatic hydroxyl groups excluding tert-OH is 1. The summed E-state index contributed by atoms with van der Waals surface area (Å²) >= 11 is 0. The first-order valence-electron chi connectivity index (χ1n) is 8.13. The summed E-state index contributed by atoms with van der Waals surface area (Å²) in [5, 5.41) is 15.1. The third-order valence-electron chi connectivity index (χ3n) is 3.67. The molecule has 0 saturated carbocycles. The summed E-state index contributed by atoms with van der Waals surface area (Å²) in [5.74, 6) is -1.03.